The lowest BCUT2D eigenvalue weighted by molar-refractivity contribution is -0.173. The molecule has 0 aromatic heterocycles. The van der Waals surface area contributed by atoms with E-state index in [4.69, 9.17) is 10.5 Å². The topological polar surface area (TPSA) is 110 Å². The lowest BCUT2D eigenvalue weighted by Gasteiger charge is -2.43. The second-order valence-corrected chi connectivity index (χ2v) is 9.52. The lowest BCUT2D eigenvalue weighted by Crippen LogP contribution is -2.65. The Morgan fingerprint density at radius 2 is 1.53 bits per heavy atom. The highest BCUT2D eigenvalue weighted by atomic mass is 19.4. The van der Waals surface area contributed by atoms with Crippen LogP contribution < -0.4 is 5.73 Å². The quantitative estimate of drug-likeness (QED) is 0.532. The molecule has 0 radical (unpaired) electrons. The summed E-state index contributed by atoms with van der Waals surface area (Å²) in [6.07, 6.45) is -2.94. The summed E-state index contributed by atoms with van der Waals surface area (Å²) in [4.78, 5) is 39.4. The molecule has 2 fully saturated rings. The highest BCUT2D eigenvalue weighted by molar-refractivity contribution is 6.04. The number of nitrogens with two attached hydrogens (primary N) is 1. The minimum Gasteiger partial charge on any atom is -0.479 e. The molecule has 3 N–H and O–H groups in total. The van der Waals surface area contributed by atoms with Crippen molar-refractivity contribution >= 4 is 17.8 Å². The molecule has 3 rings (SSSR count). The van der Waals surface area contributed by atoms with Crippen LogP contribution in [0.15, 0.2) is 24.3 Å². The third-order valence-electron chi connectivity index (χ3n) is 6.16. The Labute approximate surface area is 183 Å². The van der Waals surface area contributed by atoms with E-state index in [-0.39, 0.29) is 30.5 Å². The zero-order chi connectivity index (χ0) is 24.1. The summed E-state index contributed by atoms with van der Waals surface area (Å²) in [5, 5.41) is 9.79. The van der Waals surface area contributed by atoms with Crippen LogP contribution in [0.4, 0.5) is 13.2 Å². The van der Waals surface area contributed by atoms with Crippen molar-refractivity contribution in [2.24, 2.45) is 11.7 Å². The van der Waals surface area contributed by atoms with E-state index in [0.29, 0.717) is 12.8 Å². The fourth-order valence-corrected chi connectivity index (χ4v) is 4.62. The molecular weight excluding hydrogens is 429 g/mol. The Hall–Kier alpha value is -2.62. The van der Waals surface area contributed by atoms with E-state index < -0.39 is 46.6 Å². The van der Waals surface area contributed by atoms with Gasteiger partial charge in [-0.15, -0.1) is 0 Å². The van der Waals surface area contributed by atoms with Crippen molar-refractivity contribution in [3.63, 3.8) is 0 Å². The molecule has 32 heavy (non-hydrogen) atoms. The summed E-state index contributed by atoms with van der Waals surface area (Å²) in [6, 6.07) is 3.28. The number of nitrogens with zero attached hydrogens (tertiary/aromatic N) is 1. The minimum atomic E-state index is -4.50. The summed E-state index contributed by atoms with van der Waals surface area (Å²) in [5.74, 6) is -3.67. The third-order valence-corrected chi connectivity index (χ3v) is 6.16. The van der Waals surface area contributed by atoms with Crippen LogP contribution in [0.3, 0.4) is 0 Å². The molecule has 2 saturated heterocycles. The number of aliphatic carboxylic acids is 1. The van der Waals surface area contributed by atoms with Crippen LogP contribution >= 0.6 is 0 Å². The number of carboxylic acid groups (broad SMARTS) is 1. The number of carbonyl (C=O) groups is 3. The molecule has 2 aliphatic heterocycles. The Bertz CT molecular complexity index is 896. The van der Waals surface area contributed by atoms with Gasteiger partial charge in [-0.05, 0) is 70.7 Å². The first-order chi connectivity index (χ1) is 14.6. The summed E-state index contributed by atoms with van der Waals surface area (Å²) < 4.78 is 43.7. The van der Waals surface area contributed by atoms with Gasteiger partial charge < -0.3 is 20.5 Å². The Morgan fingerprint density at radius 3 is 1.94 bits per heavy atom. The molecule has 0 spiro atoms. The molecule has 0 aliphatic carbocycles. The highest BCUT2D eigenvalue weighted by Gasteiger charge is 2.57. The van der Waals surface area contributed by atoms with E-state index in [2.05, 4.69) is 0 Å². The number of carboxylic acids is 1. The largest absolute Gasteiger partial charge is 0.479 e. The number of halogens is 3. The number of benzene rings is 1. The molecule has 2 unspecified atom stereocenters. The minimum absolute atomic E-state index is 0.123. The van der Waals surface area contributed by atoms with Gasteiger partial charge in [-0.3, -0.25) is 4.79 Å². The van der Waals surface area contributed by atoms with Crippen molar-refractivity contribution in [2.45, 2.75) is 75.9 Å². The molecule has 1 aromatic rings. The van der Waals surface area contributed by atoms with Gasteiger partial charge in [0.2, 0.25) is 5.54 Å². The number of piperidine rings is 1. The number of rotatable bonds is 4. The van der Waals surface area contributed by atoms with Crippen molar-refractivity contribution in [1.82, 2.24) is 4.90 Å². The van der Waals surface area contributed by atoms with Crippen LogP contribution in [-0.2, 0) is 20.5 Å². The van der Waals surface area contributed by atoms with Gasteiger partial charge in [0.15, 0.2) is 0 Å². The van der Waals surface area contributed by atoms with Crippen LogP contribution in [-0.4, -0.2) is 51.1 Å². The van der Waals surface area contributed by atoms with Gasteiger partial charge in [0.1, 0.15) is 5.60 Å². The van der Waals surface area contributed by atoms with E-state index in [1.807, 2.05) is 0 Å². The Kier molecular flexibility index (Phi) is 6.05. The van der Waals surface area contributed by atoms with Gasteiger partial charge in [-0.2, -0.15) is 13.2 Å². The van der Waals surface area contributed by atoms with Crippen molar-refractivity contribution in [3.8, 4) is 0 Å². The zero-order valence-electron chi connectivity index (χ0n) is 18.1. The van der Waals surface area contributed by atoms with Crippen LogP contribution in [0.2, 0.25) is 0 Å². The lowest BCUT2D eigenvalue weighted by atomic mass is 9.75. The highest BCUT2D eigenvalue weighted by Crippen LogP contribution is 2.43. The molecule has 3 atom stereocenters. The number of amides is 1. The predicted octanol–water partition coefficient (Wildman–Crippen LogP) is 3.21. The van der Waals surface area contributed by atoms with Crippen molar-refractivity contribution in [2.75, 3.05) is 0 Å². The number of fused-ring (bicyclic) bond motifs is 2. The predicted molar refractivity (Wildman–Crippen MR) is 108 cm³/mol. The summed E-state index contributed by atoms with van der Waals surface area (Å²) in [6.45, 7) is 4.84. The molecule has 7 nitrogen and oxygen atoms in total. The van der Waals surface area contributed by atoms with E-state index in [0.717, 1.165) is 24.3 Å². The van der Waals surface area contributed by atoms with Crippen molar-refractivity contribution in [3.05, 3.63) is 35.4 Å². The first kappa shape index (κ1) is 24.0. The molecule has 0 saturated carbocycles. The molecule has 2 heterocycles. The molecule has 2 aliphatic rings. The van der Waals surface area contributed by atoms with Gasteiger partial charge in [0.05, 0.1) is 5.56 Å². The zero-order valence-corrected chi connectivity index (χ0v) is 18.1. The smallest absolute Gasteiger partial charge is 0.416 e. The maximum Gasteiger partial charge on any atom is 0.416 e. The standard InChI is InChI=1S/C22H27F3N2O5/c1-20(2,3)32-19(31)21(26,18(29)30)14-10-15-8-9-16(11-14)27(15)17(28)12-4-6-13(7-5-12)22(23,24)25/h4-7,14-16H,8-11,26H2,1-3H3,(H,29,30)/t14?,15?,16?,21-/m0/s1. The molecule has 176 valence electrons. The van der Waals surface area contributed by atoms with Gasteiger partial charge in [-0.25, -0.2) is 9.59 Å². The number of esters is 1. The van der Waals surface area contributed by atoms with Gasteiger partial charge in [-0.1, -0.05) is 0 Å². The normalized spacial score (nSPS) is 25.2. The van der Waals surface area contributed by atoms with E-state index >= 15 is 0 Å². The Balaban J connectivity index is 1.80. The second-order valence-electron chi connectivity index (χ2n) is 9.52. The maximum absolute atomic E-state index is 13.0. The van der Waals surface area contributed by atoms with E-state index in [9.17, 15) is 32.7 Å². The summed E-state index contributed by atoms with van der Waals surface area (Å²) >= 11 is 0. The number of carbonyl (C=O) groups excluding carboxylic acids is 2. The monoisotopic (exact) mass is 456 g/mol. The summed E-state index contributed by atoms with van der Waals surface area (Å²) in [5.41, 5.74) is 2.23. The van der Waals surface area contributed by atoms with Crippen molar-refractivity contribution in [1.29, 1.82) is 0 Å². The van der Waals surface area contributed by atoms with Crippen LogP contribution in [0.25, 0.3) is 0 Å². The van der Waals surface area contributed by atoms with Crippen LogP contribution in [0.1, 0.15) is 62.4 Å². The third kappa shape index (κ3) is 4.46. The molecule has 10 heteroatoms. The van der Waals surface area contributed by atoms with E-state index in [1.165, 1.54) is 0 Å². The fourth-order valence-electron chi connectivity index (χ4n) is 4.62. The number of ether oxygens (including phenoxy) is 1. The first-order valence-electron chi connectivity index (χ1n) is 10.4. The van der Waals surface area contributed by atoms with Crippen LogP contribution in [0, 0.1) is 5.92 Å². The fraction of sp³-hybridized carbons (Fsp3) is 0.591. The molecule has 1 aromatic carbocycles. The number of hydrogen-bond donors (Lipinski definition) is 2. The number of alkyl halides is 3. The van der Waals surface area contributed by atoms with Gasteiger partial charge >= 0.3 is 18.1 Å². The van der Waals surface area contributed by atoms with Crippen LogP contribution in [0.5, 0.6) is 0 Å². The number of hydrogen-bond acceptors (Lipinski definition) is 5. The van der Waals surface area contributed by atoms with Gasteiger partial charge in [0.25, 0.3) is 5.91 Å². The second kappa shape index (κ2) is 8.06. The molecular formula is C22H27F3N2O5. The SMILES string of the molecule is CC(C)(C)OC(=O)[C@@](N)(C(=O)O)C1CC2CCC(C1)N2C(=O)c1ccc(C(F)(F)F)cc1. The Morgan fingerprint density at radius 1 is 1.03 bits per heavy atom. The average molecular weight is 456 g/mol. The maximum atomic E-state index is 13.0. The van der Waals surface area contributed by atoms with E-state index in [1.54, 1.807) is 25.7 Å². The summed E-state index contributed by atoms with van der Waals surface area (Å²) in [7, 11) is 0. The molecule has 1 amide bonds. The van der Waals surface area contributed by atoms with Crippen molar-refractivity contribution < 1.29 is 37.4 Å². The molecule has 2 bridgehead atoms. The van der Waals surface area contributed by atoms with Gasteiger partial charge in [0, 0.05) is 23.6 Å². The average Bonchev–Trinajstić information content (AvgIpc) is 2.93. The first-order valence-corrected chi connectivity index (χ1v) is 10.4.